The minimum absolute atomic E-state index is 0.0783. The fourth-order valence-electron chi connectivity index (χ4n) is 4.89. The summed E-state index contributed by atoms with van der Waals surface area (Å²) in [5.41, 5.74) is -2.01. The Morgan fingerprint density at radius 2 is 1.52 bits per heavy atom. The number of likely N-dealkylation sites (tertiary alicyclic amines) is 1. The Morgan fingerprint density at radius 1 is 1.00 bits per heavy atom. The van der Waals surface area contributed by atoms with Gasteiger partial charge in [-0.15, -0.1) is 0 Å². The molecule has 2 aromatic carbocycles. The summed E-state index contributed by atoms with van der Waals surface area (Å²) in [5.74, 6) is -7.24. The Kier molecular flexibility index (Phi) is 8.88. The molecule has 0 aliphatic carbocycles. The zero-order valence-corrected chi connectivity index (χ0v) is 22.2. The van der Waals surface area contributed by atoms with Crippen molar-refractivity contribution in [3.05, 3.63) is 58.7 Å². The summed E-state index contributed by atoms with van der Waals surface area (Å²) >= 11 is 0. The van der Waals surface area contributed by atoms with E-state index in [1.54, 1.807) is 32.0 Å². The van der Waals surface area contributed by atoms with Gasteiger partial charge in [0, 0.05) is 43.9 Å². The van der Waals surface area contributed by atoms with Gasteiger partial charge in [-0.05, 0) is 43.2 Å². The highest BCUT2D eigenvalue weighted by atomic mass is 19.4. The Bertz CT molecular complexity index is 1210. The molecule has 220 valence electrons. The maximum absolute atomic E-state index is 13.9. The molecule has 2 unspecified atom stereocenters. The number of hydrogen-bond donors (Lipinski definition) is 1. The van der Waals surface area contributed by atoms with Gasteiger partial charge in [-0.1, -0.05) is 25.1 Å². The third kappa shape index (κ3) is 7.29. The van der Waals surface area contributed by atoms with Crippen LogP contribution in [0.25, 0.3) is 0 Å². The van der Waals surface area contributed by atoms with Gasteiger partial charge in [0.05, 0.1) is 23.6 Å². The second-order valence-corrected chi connectivity index (χ2v) is 10.2. The topological polar surface area (TPSA) is 52.7 Å². The van der Waals surface area contributed by atoms with Gasteiger partial charge in [-0.2, -0.15) is 26.3 Å². The largest absolute Gasteiger partial charge is 0.416 e. The highest BCUT2D eigenvalue weighted by Crippen LogP contribution is 2.38. The van der Waals surface area contributed by atoms with Crippen LogP contribution >= 0.6 is 0 Å². The van der Waals surface area contributed by atoms with Crippen molar-refractivity contribution < 1.29 is 44.7 Å². The molecule has 0 bridgehead atoms. The van der Waals surface area contributed by atoms with E-state index in [-0.39, 0.29) is 19.2 Å². The summed E-state index contributed by atoms with van der Waals surface area (Å²) < 4.78 is 108. The molecule has 1 heterocycles. The number of nitrogens with zero attached hydrogens (tertiary/aromatic N) is 2. The number of amides is 2. The molecule has 40 heavy (non-hydrogen) atoms. The molecule has 5 nitrogen and oxygen atoms in total. The molecule has 2 amide bonds. The molecule has 0 radical (unpaired) electrons. The van der Waals surface area contributed by atoms with E-state index in [1.165, 1.54) is 23.8 Å². The van der Waals surface area contributed by atoms with Crippen LogP contribution in [-0.4, -0.2) is 49.3 Å². The SMILES string of the molecule is Cc1cccc(C)c1N(C)C(=O)C(C)C(CN1CCC(F)(F)C1)C(=O)Nc1cc(C(F)(F)F)cc(C(F)(F)F)c1. The number of anilines is 2. The third-order valence-corrected chi connectivity index (χ3v) is 6.99. The molecule has 0 spiro atoms. The van der Waals surface area contributed by atoms with Gasteiger partial charge in [0.15, 0.2) is 0 Å². The highest BCUT2D eigenvalue weighted by molar-refractivity contribution is 6.01. The standard InChI is InChI=1S/C27H29F8N3O2/c1-15-6-5-7-16(2)22(15)37(4)24(40)17(3)21(13-38-9-8-25(28,29)14-38)23(39)36-20-11-18(26(30,31)32)10-19(12-20)27(33,34)35/h5-7,10-12,17,21H,8-9,13-14H2,1-4H3,(H,36,39). The van der Waals surface area contributed by atoms with Gasteiger partial charge < -0.3 is 10.2 Å². The number of alkyl halides is 8. The number of rotatable bonds is 7. The number of hydrogen-bond acceptors (Lipinski definition) is 3. The first kappa shape index (κ1) is 31.3. The lowest BCUT2D eigenvalue weighted by molar-refractivity contribution is -0.143. The maximum Gasteiger partial charge on any atom is 0.416 e. The van der Waals surface area contributed by atoms with Gasteiger partial charge in [0.1, 0.15) is 0 Å². The second-order valence-electron chi connectivity index (χ2n) is 10.2. The molecule has 2 aromatic rings. The van der Waals surface area contributed by atoms with Crippen molar-refractivity contribution in [1.29, 1.82) is 0 Å². The zero-order chi connectivity index (χ0) is 30.2. The number of para-hydroxylation sites is 1. The Morgan fingerprint density at radius 3 is 1.98 bits per heavy atom. The molecule has 0 aromatic heterocycles. The molecule has 0 saturated carbocycles. The van der Waals surface area contributed by atoms with Crippen LogP contribution < -0.4 is 10.2 Å². The fraction of sp³-hybridized carbons (Fsp3) is 0.481. The van der Waals surface area contributed by atoms with Crippen molar-refractivity contribution >= 4 is 23.2 Å². The van der Waals surface area contributed by atoms with E-state index in [0.717, 1.165) is 11.1 Å². The van der Waals surface area contributed by atoms with Crippen LogP contribution in [0.3, 0.4) is 0 Å². The molecule has 1 N–H and O–H groups in total. The normalized spacial score (nSPS) is 17.4. The zero-order valence-electron chi connectivity index (χ0n) is 22.2. The van der Waals surface area contributed by atoms with Gasteiger partial charge in [-0.3, -0.25) is 14.5 Å². The van der Waals surface area contributed by atoms with E-state index in [1.807, 2.05) is 0 Å². The number of aryl methyl sites for hydroxylation is 2. The van der Waals surface area contributed by atoms with Gasteiger partial charge >= 0.3 is 12.4 Å². The lowest BCUT2D eigenvalue weighted by atomic mass is 9.90. The molecule has 1 fully saturated rings. The van der Waals surface area contributed by atoms with Crippen molar-refractivity contribution in [2.75, 3.05) is 36.9 Å². The Balaban J connectivity index is 1.96. The molecular weight excluding hydrogens is 550 g/mol. The second kappa shape index (κ2) is 11.3. The minimum Gasteiger partial charge on any atom is -0.326 e. The van der Waals surface area contributed by atoms with Crippen LogP contribution in [0.1, 0.15) is 35.6 Å². The van der Waals surface area contributed by atoms with Crippen LogP contribution in [0.5, 0.6) is 0 Å². The summed E-state index contributed by atoms with van der Waals surface area (Å²) in [5, 5.41) is 2.08. The highest BCUT2D eigenvalue weighted by Gasteiger charge is 2.42. The minimum atomic E-state index is -5.14. The maximum atomic E-state index is 13.9. The van der Waals surface area contributed by atoms with Crippen LogP contribution in [0.15, 0.2) is 36.4 Å². The smallest absolute Gasteiger partial charge is 0.326 e. The fourth-order valence-corrected chi connectivity index (χ4v) is 4.89. The van der Waals surface area contributed by atoms with E-state index in [4.69, 9.17) is 0 Å². The van der Waals surface area contributed by atoms with Crippen LogP contribution in [0, 0.1) is 25.7 Å². The van der Waals surface area contributed by atoms with Gasteiger partial charge in [-0.25, -0.2) is 8.78 Å². The van der Waals surface area contributed by atoms with Crippen LogP contribution in [-0.2, 0) is 21.9 Å². The molecule has 2 atom stereocenters. The number of carbonyl (C=O) groups is 2. The molecule has 1 aliphatic rings. The third-order valence-electron chi connectivity index (χ3n) is 6.99. The first-order chi connectivity index (χ1) is 18.3. The van der Waals surface area contributed by atoms with Crippen LogP contribution in [0.2, 0.25) is 0 Å². The summed E-state index contributed by atoms with van der Waals surface area (Å²) in [7, 11) is 1.47. The predicted octanol–water partition coefficient (Wildman–Crippen LogP) is 6.54. The molecule has 1 saturated heterocycles. The van der Waals surface area contributed by atoms with E-state index in [9.17, 15) is 44.7 Å². The van der Waals surface area contributed by atoms with Crippen molar-refractivity contribution in [1.82, 2.24) is 4.90 Å². The van der Waals surface area contributed by atoms with E-state index in [2.05, 4.69) is 5.32 Å². The number of nitrogens with one attached hydrogen (secondary N) is 1. The molecule has 1 aliphatic heterocycles. The van der Waals surface area contributed by atoms with Crippen molar-refractivity contribution in [3.63, 3.8) is 0 Å². The molecule has 13 heteroatoms. The average Bonchev–Trinajstić information content (AvgIpc) is 3.18. The van der Waals surface area contributed by atoms with E-state index < -0.39 is 71.7 Å². The van der Waals surface area contributed by atoms with Crippen LogP contribution in [0.4, 0.5) is 46.5 Å². The average molecular weight is 580 g/mol. The summed E-state index contributed by atoms with van der Waals surface area (Å²) in [6.07, 6.45) is -10.8. The molecule has 3 rings (SSSR count). The molecular formula is C27H29F8N3O2. The number of halogens is 8. The first-order valence-electron chi connectivity index (χ1n) is 12.3. The Labute approximate surface area is 226 Å². The number of benzene rings is 2. The summed E-state index contributed by atoms with van der Waals surface area (Å²) in [4.78, 5) is 29.4. The van der Waals surface area contributed by atoms with Crippen molar-refractivity contribution in [3.8, 4) is 0 Å². The number of carbonyl (C=O) groups excluding carboxylic acids is 2. The predicted molar refractivity (Wildman–Crippen MR) is 133 cm³/mol. The summed E-state index contributed by atoms with van der Waals surface area (Å²) in [6, 6.07) is 5.93. The van der Waals surface area contributed by atoms with E-state index in [0.29, 0.717) is 17.8 Å². The van der Waals surface area contributed by atoms with E-state index >= 15 is 0 Å². The lowest BCUT2D eigenvalue weighted by Crippen LogP contribution is -2.45. The van der Waals surface area contributed by atoms with Crippen molar-refractivity contribution in [2.24, 2.45) is 11.8 Å². The van der Waals surface area contributed by atoms with Crippen molar-refractivity contribution in [2.45, 2.75) is 45.5 Å². The lowest BCUT2D eigenvalue weighted by Gasteiger charge is -2.31. The monoisotopic (exact) mass is 579 g/mol. The van der Waals surface area contributed by atoms with Gasteiger partial charge in [0.25, 0.3) is 5.92 Å². The first-order valence-corrected chi connectivity index (χ1v) is 12.3. The summed E-state index contributed by atoms with van der Waals surface area (Å²) in [6.45, 7) is 3.73. The quantitative estimate of drug-likeness (QED) is 0.380. The van der Waals surface area contributed by atoms with Gasteiger partial charge in [0.2, 0.25) is 11.8 Å². The Hall–Kier alpha value is -3.22.